The Balaban J connectivity index is 2.66. The third-order valence-corrected chi connectivity index (χ3v) is 3.41. The van der Waals surface area contributed by atoms with Gasteiger partial charge in [0.15, 0.2) is 6.61 Å². The van der Waals surface area contributed by atoms with E-state index in [1.165, 1.54) is 0 Å². The van der Waals surface area contributed by atoms with Gasteiger partial charge < -0.3 is 15.8 Å². The molecule has 118 valence electrons. The van der Waals surface area contributed by atoms with E-state index in [1.807, 2.05) is 32.9 Å². The Morgan fingerprint density at radius 1 is 1.43 bits per heavy atom. The molecule has 1 unspecified atom stereocenters. The van der Waals surface area contributed by atoms with E-state index in [-0.39, 0.29) is 18.6 Å². The molecule has 0 bridgehead atoms. The molecule has 0 fully saturated rings. The molecule has 1 amide bonds. The van der Waals surface area contributed by atoms with Gasteiger partial charge in [0, 0.05) is 12.6 Å². The Morgan fingerprint density at radius 2 is 2.14 bits per heavy atom. The van der Waals surface area contributed by atoms with Crippen LogP contribution in [0.3, 0.4) is 0 Å². The molecular formula is C16H25ClN2O2. The topological polar surface area (TPSA) is 64.3 Å². The van der Waals surface area contributed by atoms with Crippen molar-refractivity contribution in [1.82, 2.24) is 5.32 Å². The molecule has 0 saturated carbocycles. The Hall–Kier alpha value is -1.26. The molecule has 1 aromatic rings. The summed E-state index contributed by atoms with van der Waals surface area (Å²) in [6, 6.07) is 5.61. The SMILES string of the molecule is CCC(N)Cc1cccc(Cl)c1OCC(=O)NCC(C)C. The number of carbonyl (C=O) groups excluding carboxylic acids is 1. The number of ether oxygens (including phenoxy) is 1. The first-order valence-electron chi connectivity index (χ1n) is 7.36. The Morgan fingerprint density at radius 3 is 2.76 bits per heavy atom. The highest BCUT2D eigenvalue weighted by atomic mass is 35.5. The van der Waals surface area contributed by atoms with Crippen LogP contribution in [0.4, 0.5) is 0 Å². The van der Waals surface area contributed by atoms with E-state index in [0.29, 0.717) is 29.7 Å². The van der Waals surface area contributed by atoms with E-state index >= 15 is 0 Å². The molecule has 1 atom stereocenters. The Bertz CT molecular complexity index is 464. The summed E-state index contributed by atoms with van der Waals surface area (Å²) in [5.74, 6) is 0.824. The van der Waals surface area contributed by atoms with Gasteiger partial charge in [-0.25, -0.2) is 0 Å². The number of hydrogen-bond acceptors (Lipinski definition) is 3. The second-order valence-electron chi connectivity index (χ2n) is 5.59. The number of nitrogens with one attached hydrogen (secondary N) is 1. The van der Waals surface area contributed by atoms with Crippen molar-refractivity contribution in [3.63, 3.8) is 0 Å². The number of nitrogens with two attached hydrogens (primary N) is 1. The second-order valence-corrected chi connectivity index (χ2v) is 5.99. The maximum absolute atomic E-state index is 11.7. The van der Waals surface area contributed by atoms with E-state index in [2.05, 4.69) is 5.32 Å². The van der Waals surface area contributed by atoms with Crippen LogP contribution in [0, 0.1) is 5.92 Å². The van der Waals surface area contributed by atoms with Gasteiger partial charge in [-0.15, -0.1) is 0 Å². The van der Waals surface area contributed by atoms with Crippen LogP contribution in [0.25, 0.3) is 0 Å². The summed E-state index contributed by atoms with van der Waals surface area (Å²) in [5.41, 5.74) is 6.92. The summed E-state index contributed by atoms with van der Waals surface area (Å²) in [6.45, 7) is 6.72. The average molecular weight is 313 g/mol. The van der Waals surface area contributed by atoms with Crippen molar-refractivity contribution in [2.75, 3.05) is 13.2 Å². The normalized spacial score (nSPS) is 12.3. The maximum Gasteiger partial charge on any atom is 0.257 e. The lowest BCUT2D eigenvalue weighted by atomic mass is 10.0. The molecule has 5 heteroatoms. The molecule has 0 aliphatic heterocycles. The van der Waals surface area contributed by atoms with E-state index in [9.17, 15) is 4.79 Å². The first-order chi connectivity index (χ1) is 9.93. The monoisotopic (exact) mass is 312 g/mol. The third-order valence-electron chi connectivity index (χ3n) is 3.11. The first-order valence-corrected chi connectivity index (χ1v) is 7.74. The van der Waals surface area contributed by atoms with Crippen molar-refractivity contribution < 1.29 is 9.53 Å². The number of benzene rings is 1. The van der Waals surface area contributed by atoms with Crippen LogP contribution in [-0.4, -0.2) is 25.1 Å². The van der Waals surface area contributed by atoms with Gasteiger partial charge in [-0.05, 0) is 30.4 Å². The maximum atomic E-state index is 11.7. The molecule has 0 aromatic heterocycles. The molecule has 0 aliphatic carbocycles. The van der Waals surface area contributed by atoms with Crippen molar-refractivity contribution in [1.29, 1.82) is 0 Å². The zero-order valence-corrected chi connectivity index (χ0v) is 13.7. The highest BCUT2D eigenvalue weighted by Gasteiger charge is 2.13. The number of hydrogen-bond donors (Lipinski definition) is 2. The molecular weight excluding hydrogens is 288 g/mol. The van der Waals surface area contributed by atoms with Gasteiger partial charge >= 0.3 is 0 Å². The molecule has 21 heavy (non-hydrogen) atoms. The van der Waals surface area contributed by atoms with Crippen LogP contribution < -0.4 is 15.8 Å². The number of halogens is 1. The molecule has 1 aromatic carbocycles. The zero-order valence-electron chi connectivity index (χ0n) is 13.0. The fourth-order valence-electron chi connectivity index (χ4n) is 1.81. The summed E-state index contributed by atoms with van der Waals surface area (Å²) < 4.78 is 5.61. The van der Waals surface area contributed by atoms with Crippen molar-refractivity contribution in [2.45, 2.75) is 39.7 Å². The predicted molar refractivity (Wildman–Crippen MR) is 86.8 cm³/mol. The molecule has 0 saturated heterocycles. The van der Waals surface area contributed by atoms with Crippen LogP contribution in [-0.2, 0) is 11.2 Å². The number of carbonyl (C=O) groups is 1. The summed E-state index contributed by atoms with van der Waals surface area (Å²) >= 11 is 6.17. The lowest BCUT2D eigenvalue weighted by Gasteiger charge is -2.16. The fraction of sp³-hybridized carbons (Fsp3) is 0.562. The number of rotatable bonds is 8. The van der Waals surface area contributed by atoms with Crippen LogP contribution in [0.15, 0.2) is 18.2 Å². The van der Waals surface area contributed by atoms with E-state index in [4.69, 9.17) is 22.1 Å². The fourth-order valence-corrected chi connectivity index (χ4v) is 2.06. The minimum atomic E-state index is -0.144. The lowest BCUT2D eigenvalue weighted by Crippen LogP contribution is -2.32. The minimum Gasteiger partial charge on any atom is -0.482 e. The van der Waals surface area contributed by atoms with Crippen molar-refractivity contribution in [2.24, 2.45) is 11.7 Å². The average Bonchev–Trinajstić information content (AvgIpc) is 2.44. The molecule has 1 rings (SSSR count). The standard InChI is InChI=1S/C16H25ClN2O2/c1-4-13(18)8-12-6-5-7-14(17)16(12)21-10-15(20)19-9-11(2)3/h5-7,11,13H,4,8-10,18H2,1-3H3,(H,19,20). The van der Waals surface area contributed by atoms with Gasteiger partial charge in [-0.3, -0.25) is 4.79 Å². The molecule has 0 spiro atoms. The smallest absolute Gasteiger partial charge is 0.257 e. The highest BCUT2D eigenvalue weighted by molar-refractivity contribution is 6.32. The third kappa shape index (κ3) is 6.36. The van der Waals surface area contributed by atoms with Crippen LogP contribution >= 0.6 is 11.6 Å². The lowest BCUT2D eigenvalue weighted by molar-refractivity contribution is -0.123. The largest absolute Gasteiger partial charge is 0.482 e. The molecule has 4 nitrogen and oxygen atoms in total. The Kier molecular flexibility index (Phi) is 7.54. The van der Waals surface area contributed by atoms with Crippen molar-refractivity contribution >= 4 is 17.5 Å². The van der Waals surface area contributed by atoms with E-state index in [1.54, 1.807) is 6.07 Å². The van der Waals surface area contributed by atoms with Crippen LogP contribution in [0.1, 0.15) is 32.8 Å². The summed E-state index contributed by atoms with van der Waals surface area (Å²) in [4.78, 5) is 11.7. The van der Waals surface area contributed by atoms with Gasteiger partial charge in [0.25, 0.3) is 5.91 Å². The first kappa shape index (κ1) is 17.8. The summed E-state index contributed by atoms with van der Waals surface area (Å²) in [7, 11) is 0. The van der Waals surface area contributed by atoms with Gasteiger partial charge in [0.05, 0.1) is 5.02 Å². The highest BCUT2D eigenvalue weighted by Crippen LogP contribution is 2.29. The minimum absolute atomic E-state index is 0.0369. The predicted octanol–water partition coefficient (Wildman–Crippen LogP) is 2.77. The quantitative estimate of drug-likeness (QED) is 0.776. The summed E-state index contributed by atoms with van der Waals surface area (Å²) in [5, 5.41) is 3.32. The van der Waals surface area contributed by atoms with E-state index < -0.39 is 0 Å². The summed E-state index contributed by atoms with van der Waals surface area (Å²) in [6.07, 6.45) is 1.56. The van der Waals surface area contributed by atoms with Gasteiger partial charge in [-0.2, -0.15) is 0 Å². The van der Waals surface area contributed by atoms with Gasteiger partial charge in [-0.1, -0.05) is 44.5 Å². The van der Waals surface area contributed by atoms with E-state index in [0.717, 1.165) is 12.0 Å². The zero-order chi connectivity index (χ0) is 15.8. The Labute approximate surface area is 132 Å². The molecule has 0 heterocycles. The number of amides is 1. The van der Waals surface area contributed by atoms with Crippen LogP contribution in [0.5, 0.6) is 5.75 Å². The molecule has 0 aliphatic rings. The molecule has 3 N–H and O–H groups in total. The van der Waals surface area contributed by atoms with Gasteiger partial charge in [0.2, 0.25) is 0 Å². The second kappa shape index (κ2) is 8.90. The van der Waals surface area contributed by atoms with Crippen molar-refractivity contribution in [3.05, 3.63) is 28.8 Å². The number of para-hydroxylation sites is 1. The molecule has 0 radical (unpaired) electrons. The van der Waals surface area contributed by atoms with Crippen molar-refractivity contribution in [3.8, 4) is 5.75 Å². The van der Waals surface area contributed by atoms with Gasteiger partial charge in [0.1, 0.15) is 5.75 Å². The van der Waals surface area contributed by atoms with Crippen LogP contribution in [0.2, 0.25) is 5.02 Å².